The number of thiophene rings is 1. The third-order valence-electron chi connectivity index (χ3n) is 6.30. The minimum atomic E-state index is -0.726. The van der Waals surface area contributed by atoms with E-state index in [9.17, 15) is 8.78 Å². The number of aromatic amines is 1. The molecule has 166 valence electrons. The highest BCUT2D eigenvalue weighted by atomic mass is 32.1. The first-order valence-corrected chi connectivity index (χ1v) is 11.7. The van der Waals surface area contributed by atoms with Crippen LogP contribution in [-0.4, -0.2) is 35.1 Å². The fraction of sp³-hybridized carbons (Fsp3) is 0.320. The van der Waals surface area contributed by atoms with E-state index >= 15 is 0 Å². The maximum absolute atomic E-state index is 14.3. The Hall–Kier alpha value is -2.77. The number of halogens is 2. The van der Waals surface area contributed by atoms with Crippen LogP contribution in [0.4, 0.5) is 8.78 Å². The molecule has 1 N–H and O–H groups in total. The summed E-state index contributed by atoms with van der Waals surface area (Å²) < 4.78 is 33.5. The quantitative estimate of drug-likeness (QED) is 0.362. The molecule has 1 saturated heterocycles. The molecule has 1 fully saturated rings. The van der Waals surface area contributed by atoms with Crippen molar-refractivity contribution in [2.45, 2.75) is 32.2 Å². The third kappa shape index (κ3) is 3.80. The summed E-state index contributed by atoms with van der Waals surface area (Å²) in [6, 6.07) is 8.88. The number of hydrogen-bond acceptors (Lipinski definition) is 4. The van der Waals surface area contributed by atoms with Gasteiger partial charge in [-0.1, -0.05) is 6.42 Å². The lowest BCUT2D eigenvalue weighted by molar-refractivity contribution is 0.177. The molecule has 1 aromatic carbocycles. The van der Waals surface area contributed by atoms with Gasteiger partial charge in [0, 0.05) is 56.3 Å². The summed E-state index contributed by atoms with van der Waals surface area (Å²) in [5, 5.41) is 0.796. The van der Waals surface area contributed by atoms with E-state index in [4.69, 9.17) is 4.74 Å². The van der Waals surface area contributed by atoms with Gasteiger partial charge >= 0.3 is 0 Å². The molecule has 0 amide bonds. The SMILES string of the molecule is COc1c(F)cc(F)cc1-c1c[nH]c2ncc(-c3ccc(C(C)N4CCCCC4)s3)cc12. The number of fused-ring (bicyclic) bond motifs is 1. The lowest BCUT2D eigenvalue weighted by Crippen LogP contribution is -2.31. The van der Waals surface area contributed by atoms with Crippen molar-refractivity contribution in [1.82, 2.24) is 14.9 Å². The highest BCUT2D eigenvalue weighted by Crippen LogP contribution is 2.40. The number of pyridine rings is 1. The van der Waals surface area contributed by atoms with Crippen LogP contribution >= 0.6 is 11.3 Å². The van der Waals surface area contributed by atoms with Crippen LogP contribution in [0.5, 0.6) is 5.75 Å². The van der Waals surface area contributed by atoms with Crippen LogP contribution in [0.25, 0.3) is 32.6 Å². The Balaban J connectivity index is 1.52. The summed E-state index contributed by atoms with van der Waals surface area (Å²) in [5.41, 5.74) is 2.66. The molecule has 1 atom stereocenters. The number of aromatic nitrogens is 2. The highest BCUT2D eigenvalue weighted by molar-refractivity contribution is 7.15. The monoisotopic (exact) mass is 453 g/mol. The topological polar surface area (TPSA) is 41.1 Å². The van der Waals surface area contributed by atoms with Crippen molar-refractivity contribution >= 4 is 22.4 Å². The zero-order valence-corrected chi connectivity index (χ0v) is 18.9. The minimum Gasteiger partial charge on any atom is -0.493 e. The molecular weight excluding hydrogens is 428 g/mol. The van der Waals surface area contributed by atoms with Crippen molar-refractivity contribution in [2.75, 3.05) is 20.2 Å². The summed E-state index contributed by atoms with van der Waals surface area (Å²) in [4.78, 5) is 12.7. The first-order valence-electron chi connectivity index (χ1n) is 10.9. The van der Waals surface area contributed by atoms with Gasteiger partial charge in [0.05, 0.1) is 7.11 Å². The van der Waals surface area contributed by atoms with Gasteiger partial charge in [-0.2, -0.15) is 0 Å². The van der Waals surface area contributed by atoms with E-state index in [1.54, 1.807) is 17.5 Å². The Labute approximate surface area is 189 Å². The first-order chi connectivity index (χ1) is 15.5. The fourth-order valence-corrected chi connectivity index (χ4v) is 5.62. The zero-order chi connectivity index (χ0) is 22.2. The molecule has 1 aliphatic rings. The number of nitrogens with zero attached hydrogens (tertiary/aromatic N) is 2. The molecular formula is C25H25F2N3OS. The second-order valence-corrected chi connectivity index (χ2v) is 9.38. The Bertz CT molecular complexity index is 1260. The van der Waals surface area contributed by atoms with Gasteiger partial charge in [-0.05, 0) is 57.1 Å². The smallest absolute Gasteiger partial charge is 0.168 e. The van der Waals surface area contributed by atoms with Crippen LogP contribution in [0.2, 0.25) is 0 Å². The molecule has 0 aliphatic carbocycles. The molecule has 1 aliphatic heterocycles. The van der Waals surface area contributed by atoms with Crippen molar-refractivity contribution in [3.63, 3.8) is 0 Å². The van der Waals surface area contributed by atoms with E-state index in [-0.39, 0.29) is 5.75 Å². The number of methoxy groups -OCH3 is 1. The summed E-state index contributed by atoms with van der Waals surface area (Å²) in [6.45, 7) is 4.58. The molecule has 7 heteroatoms. The summed E-state index contributed by atoms with van der Waals surface area (Å²) in [6.07, 6.45) is 7.42. The summed E-state index contributed by atoms with van der Waals surface area (Å²) >= 11 is 1.78. The Kier molecular flexibility index (Phi) is 5.69. The predicted molar refractivity (Wildman–Crippen MR) is 125 cm³/mol. The van der Waals surface area contributed by atoms with Crippen LogP contribution in [0, 0.1) is 11.6 Å². The normalized spacial score (nSPS) is 15.9. The van der Waals surface area contributed by atoms with E-state index < -0.39 is 11.6 Å². The fourth-order valence-electron chi connectivity index (χ4n) is 4.55. The average Bonchev–Trinajstić information content (AvgIpc) is 3.46. The Morgan fingerprint density at radius 1 is 1.09 bits per heavy atom. The van der Waals surface area contributed by atoms with Crippen LogP contribution in [0.1, 0.15) is 37.1 Å². The first kappa shape index (κ1) is 21.1. The Morgan fingerprint density at radius 2 is 1.91 bits per heavy atom. The van der Waals surface area contributed by atoms with E-state index in [0.29, 0.717) is 22.8 Å². The van der Waals surface area contributed by atoms with Gasteiger partial charge in [-0.3, -0.25) is 4.90 Å². The minimum absolute atomic E-state index is 0.0199. The number of benzene rings is 1. The standard InChI is InChI=1S/C25H25F2N3OS/c1-15(30-8-4-3-5-9-30)22-6-7-23(32-22)16-10-19-20(14-29-25(19)28-13-16)18-11-17(26)12-21(27)24(18)31-2/h6-7,10-15H,3-5,8-9H2,1-2H3,(H,28,29). The second-order valence-electron chi connectivity index (χ2n) is 8.27. The van der Waals surface area contributed by atoms with Gasteiger partial charge in [0.25, 0.3) is 0 Å². The van der Waals surface area contributed by atoms with E-state index in [1.165, 1.54) is 37.3 Å². The lowest BCUT2D eigenvalue weighted by Gasteiger charge is -2.31. The predicted octanol–water partition coefficient (Wildman–Crippen LogP) is 6.79. The molecule has 0 radical (unpaired) electrons. The van der Waals surface area contributed by atoms with Crippen LogP contribution < -0.4 is 4.74 Å². The van der Waals surface area contributed by atoms with E-state index in [2.05, 4.69) is 33.9 Å². The number of rotatable bonds is 5. The summed E-state index contributed by atoms with van der Waals surface area (Å²) in [7, 11) is 1.38. The number of nitrogens with one attached hydrogen (secondary N) is 1. The van der Waals surface area contributed by atoms with Crippen LogP contribution in [0.15, 0.2) is 42.7 Å². The molecule has 32 heavy (non-hydrogen) atoms. The van der Waals surface area contributed by atoms with Crippen molar-refractivity contribution in [1.29, 1.82) is 0 Å². The van der Waals surface area contributed by atoms with Crippen molar-refractivity contribution in [3.05, 3.63) is 59.2 Å². The van der Waals surface area contributed by atoms with Gasteiger partial charge in [-0.25, -0.2) is 13.8 Å². The molecule has 4 heterocycles. The highest BCUT2D eigenvalue weighted by Gasteiger charge is 2.21. The van der Waals surface area contributed by atoms with Gasteiger partial charge in [0.1, 0.15) is 11.5 Å². The second kappa shape index (κ2) is 8.64. The van der Waals surface area contributed by atoms with Crippen LogP contribution in [-0.2, 0) is 0 Å². The zero-order valence-electron chi connectivity index (χ0n) is 18.1. The number of H-pyrrole nitrogens is 1. The maximum Gasteiger partial charge on any atom is 0.168 e. The van der Waals surface area contributed by atoms with E-state index in [1.807, 2.05) is 12.3 Å². The van der Waals surface area contributed by atoms with Gasteiger partial charge in [-0.15, -0.1) is 11.3 Å². The largest absolute Gasteiger partial charge is 0.493 e. The molecule has 3 aromatic heterocycles. The molecule has 5 rings (SSSR count). The molecule has 4 aromatic rings. The number of piperidine rings is 1. The molecule has 0 spiro atoms. The van der Waals surface area contributed by atoms with Gasteiger partial charge in [0.2, 0.25) is 0 Å². The molecule has 0 saturated carbocycles. The molecule has 1 unspecified atom stereocenters. The van der Waals surface area contributed by atoms with Crippen molar-refractivity contribution in [3.8, 4) is 27.3 Å². The summed E-state index contributed by atoms with van der Waals surface area (Å²) in [5.74, 6) is -1.35. The molecule has 4 nitrogen and oxygen atoms in total. The maximum atomic E-state index is 14.3. The van der Waals surface area contributed by atoms with Crippen molar-refractivity contribution < 1.29 is 13.5 Å². The average molecular weight is 454 g/mol. The van der Waals surface area contributed by atoms with Crippen molar-refractivity contribution in [2.24, 2.45) is 0 Å². The number of likely N-dealkylation sites (tertiary alicyclic amines) is 1. The lowest BCUT2D eigenvalue weighted by atomic mass is 10.0. The Morgan fingerprint density at radius 3 is 2.69 bits per heavy atom. The van der Waals surface area contributed by atoms with Gasteiger partial charge in [0.15, 0.2) is 11.6 Å². The van der Waals surface area contributed by atoms with Gasteiger partial charge < -0.3 is 9.72 Å². The number of hydrogen-bond donors (Lipinski definition) is 1. The third-order valence-corrected chi connectivity index (χ3v) is 7.60. The van der Waals surface area contributed by atoms with E-state index in [0.717, 1.165) is 35.0 Å². The molecule has 0 bridgehead atoms. The number of ether oxygens (including phenoxy) is 1. The van der Waals surface area contributed by atoms with Crippen LogP contribution in [0.3, 0.4) is 0 Å².